The fourth-order valence-corrected chi connectivity index (χ4v) is 1.78. The van der Waals surface area contributed by atoms with Crippen LogP contribution in [0.15, 0.2) is 24.6 Å². The van der Waals surface area contributed by atoms with Crippen LogP contribution in [-0.2, 0) is 15.8 Å². The molecule has 15 heavy (non-hydrogen) atoms. The minimum Gasteiger partial charge on any atom is -0.253 e. The number of primary sulfonamides is 1. The van der Waals surface area contributed by atoms with Crippen molar-refractivity contribution < 1.29 is 9.79 Å². The molecule has 2 aromatic heterocycles. The maximum atomic E-state index is 11.0. The molecule has 0 radical (unpaired) electrons. The van der Waals surface area contributed by atoms with Crippen molar-refractivity contribution in [3.63, 3.8) is 0 Å². The smallest absolute Gasteiger partial charge is 0.214 e. The van der Waals surface area contributed by atoms with E-state index < -0.39 is 15.8 Å². The van der Waals surface area contributed by atoms with Crippen molar-refractivity contribution in [3.05, 3.63) is 30.3 Å². The summed E-state index contributed by atoms with van der Waals surface area (Å²) in [6, 6.07) is 3.28. The van der Waals surface area contributed by atoms with Crippen molar-refractivity contribution in [2.24, 2.45) is 5.14 Å². The van der Waals surface area contributed by atoms with Crippen molar-refractivity contribution in [1.82, 2.24) is 15.0 Å². The molecule has 2 N–H and O–H groups in total. The lowest BCUT2D eigenvalue weighted by molar-refractivity contribution is 0.596. The first-order chi connectivity index (χ1) is 7.46. The summed E-state index contributed by atoms with van der Waals surface area (Å²) in [4.78, 5) is 11.5. The Labute approximate surface area is 87.6 Å². The topological polar surface area (TPSA) is 98.8 Å². The van der Waals surface area contributed by atoms with Crippen LogP contribution in [0.2, 0.25) is 0 Å². The van der Waals surface area contributed by atoms with Gasteiger partial charge in [-0.2, -0.15) is 0 Å². The maximum absolute atomic E-state index is 11.0. The molecule has 2 heterocycles. The Morgan fingerprint density at radius 3 is 2.93 bits per heavy atom. The molecule has 0 aliphatic rings. The maximum Gasteiger partial charge on any atom is 0.214 e. The molecule has 0 spiro atoms. The van der Waals surface area contributed by atoms with Gasteiger partial charge in [0.05, 0.1) is 11.2 Å². The third-order valence-corrected chi connectivity index (χ3v) is 2.43. The molecular formula is C8H8N4O2S. The van der Waals surface area contributed by atoms with E-state index in [0.29, 0.717) is 11.0 Å². The average Bonchev–Trinajstić information content (AvgIpc) is 2.14. The predicted molar refractivity (Wildman–Crippen MR) is 54.1 cm³/mol. The molecule has 2 rings (SSSR count). The quantitative estimate of drug-likeness (QED) is 0.763. The Balaban J connectivity index is 2.68. The molecule has 0 aliphatic carbocycles. The van der Waals surface area contributed by atoms with E-state index >= 15 is 0 Å². The van der Waals surface area contributed by atoms with Crippen LogP contribution in [-0.4, -0.2) is 23.4 Å². The monoisotopic (exact) mass is 225 g/mol. The van der Waals surface area contributed by atoms with Crippen molar-refractivity contribution in [2.45, 2.75) is 5.75 Å². The Morgan fingerprint density at radius 2 is 2.20 bits per heavy atom. The average molecular weight is 225 g/mol. The molecule has 0 saturated heterocycles. The zero-order chi connectivity index (χ0) is 11.8. The van der Waals surface area contributed by atoms with E-state index in [1.807, 2.05) is 0 Å². The second kappa shape index (κ2) is 3.52. The molecule has 0 bridgehead atoms. The molecular weight excluding hydrogens is 216 g/mol. The summed E-state index contributed by atoms with van der Waals surface area (Å²) in [7, 11) is -3.70. The highest BCUT2D eigenvalue weighted by Gasteiger charge is 2.10. The summed E-state index contributed by atoms with van der Waals surface area (Å²) in [5, 5.41) is 4.93. The van der Waals surface area contributed by atoms with Crippen LogP contribution >= 0.6 is 0 Å². The lowest BCUT2D eigenvalue weighted by Crippen LogP contribution is -2.15. The van der Waals surface area contributed by atoms with Crippen molar-refractivity contribution in [1.29, 1.82) is 0 Å². The van der Waals surface area contributed by atoms with Gasteiger partial charge in [0.15, 0.2) is 0 Å². The standard InChI is InChI=1S/C8H8N4O2S/c9-15(13,14)4-7-8-6(11-5-12-7)2-1-3-10-8/h1-3,5H,4H2,(H2,9,13,14)/i5D. The molecule has 0 saturated carbocycles. The number of hydrogen-bond acceptors (Lipinski definition) is 5. The number of pyridine rings is 1. The summed E-state index contributed by atoms with van der Waals surface area (Å²) in [6.07, 6.45) is 1.25. The van der Waals surface area contributed by atoms with Crippen LogP contribution in [0.25, 0.3) is 11.0 Å². The van der Waals surface area contributed by atoms with E-state index in [-0.39, 0.29) is 12.0 Å². The Morgan fingerprint density at radius 1 is 1.40 bits per heavy atom. The number of fused-ring (bicyclic) bond motifs is 1. The largest absolute Gasteiger partial charge is 0.253 e. The summed E-state index contributed by atoms with van der Waals surface area (Å²) in [5.74, 6) is -0.449. The number of aromatic nitrogens is 3. The second-order valence-electron chi connectivity index (χ2n) is 2.95. The lowest BCUT2D eigenvalue weighted by Gasteiger charge is -2.01. The van der Waals surface area contributed by atoms with Gasteiger partial charge in [-0.15, -0.1) is 0 Å². The summed E-state index contributed by atoms with van der Waals surface area (Å²) in [5.41, 5.74) is 0.937. The summed E-state index contributed by atoms with van der Waals surface area (Å²) in [6.45, 7) is 0. The van der Waals surface area contributed by atoms with E-state index in [1.54, 1.807) is 12.1 Å². The Kier molecular flexibility index (Phi) is 2.04. The summed E-state index contributed by atoms with van der Waals surface area (Å²) >= 11 is 0. The second-order valence-corrected chi connectivity index (χ2v) is 4.56. The Hall–Kier alpha value is -1.60. The first-order valence-corrected chi connectivity index (χ1v) is 5.76. The zero-order valence-electron chi connectivity index (χ0n) is 8.58. The number of nitrogens with two attached hydrogens (primary N) is 1. The van der Waals surface area contributed by atoms with Gasteiger partial charge in [-0.25, -0.2) is 23.5 Å². The molecule has 6 nitrogen and oxygen atoms in total. The molecule has 0 amide bonds. The highest BCUT2D eigenvalue weighted by molar-refractivity contribution is 7.88. The lowest BCUT2D eigenvalue weighted by atomic mass is 10.3. The van der Waals surface area contributed by atoms with Gasteiger partial charge in [0.2, 0.25) is 10.0 Å². The fourth-order valence-electron chi connectivity index (χ4n) is 1.19. The van der Waals surface area contributed by atoms with Gasteiger partial charge < -0.3 is 0 Å². The van der Waals surface area contributed by atoms with Gasteiger partial charge >= 0.3 is 0 Å². The van der Waals surface area contributed by atoms with Crippen molar-refractivity contribution in [2.75, 3.05) is 0 Å². The molecule has 7 heteroatoms. The molecule has 0 atom stereocenters. The van der Waals surface area contributed by atoms with E-state index in [9.17, 15) is 8.42 Å². The van der Waals surface area contributed by atoms with Crippen LogP contribution in [0.3, 0.4) is 0 Å². The highest BCUT2D eigenvalue weighted by Crippen LogP contribution is 2.12. The number of sulfonamides is 1. The molecule has 0 aliphatic heterocycles. The van der Waals surface area contributed by atoms with Crippen LogP contribution in [0.4, 0.5) is 0 Å². The molecule has 0 unspecified atom stereocenters. The van der Waals surface area contributed by atoms with E-state index in [4.69, 9.17) is 6.51 Å². The normalized spacial score (nSPS) is 12.7. The van der Waals surface area contributed by atoms with E-state index in [2.05, 4.69) is 15.0 Å². The van der Waals surface area contributed by atoms with Crippen LogP contribution in [0.5, 0.6) is 0 Å². The van der Waals surface area contributed by atoms with Gasteiger partial charge in [0, 0.05) is 6.20 Å². The third kappa shape index (κ3) is 2.25. The number of rotatable bonds is 2. The van der Waals surface area contributed by atoms with Gasteiger partial charge in [-0.05, 0) is 12.1 Å². The van der Waals surface area contributed by atoms with Gasteiger partial charge in [-0.3, -0.25) is 4.98 Å². The first-order valence-electron chi connectivity index (χ1n) is 4.54. The van der Waals surface area contributed by atoms with Gasteiger partial charge in [0.25, 0.3) is 0 Å². The van der Waals surface area contributed by atoms with Crippen LogP contribution in [0.1, 0.15) is 7.06 Å². The highest BCUT2D eigenvalue weighted by atomic mass is 32.2. The van der Waals surface area contributed by atoms with E-state index in [0.717, 1.165) is 0 Å². The molecule has 0 fully saturated rings. The van der Waals surface area contributed by atoms with Crippen LogP contribution in [0, 0.1) is 0 Å². The Bertz CT molecular complexity index is 644. The third-order valence-electron chi connectivity index (χ3n) is 1.75. The number of nitrogens with zero attached hydrogens (tertiary/aromatic N) is 3. The van der Waals surface area contributed by atoms with Crippen molar-refractivity contribution in [3.8, 4) is 0 Å². The van der Waals surface area contributed by atoms with E-state index in [1.165, 1.54) is 6.20 Å². The van der Waals surface area contributed by atoms with Crippen molar-refractivity contribution >= 4 is 21.1 Å². The zero-order valence-corrected chi connectivity index (χ0v) is 8.40. The minimum absolute atomic E-state index is 0.151. The predicted octanol–water partition coefficient (Wildman–Crippen LogP) is -0.187. The molecule has 78 valence electrons. The fraction of sp³-hybridized carbons (Fsp3) is 0.125. The number of hydrogen-bond donors (Lipinski definition) is 1. The minimum atomic E-state index is -3.70. The van der Waals surface area contributed by atoms with Crippen LogP contribution < -0.4 is 5.14 Å². The van der Waals surface area contributed by atoms with Gasteiger partial charge in [-0.1, -0.05) is 0 Å². The first kappa shape index (κ1) is 8.69. The SMILES string of the molecule is [2H]c1nc(CS(N)(=O)=O)c2ncccc2n1. The molecule has 2 aromatic rings. The summed E-state index contributed by atoms with van der Waals surface area (Å²) < 4.78 is 29.3. The molecule has 0 aromatic carbocycles. The van der Waals surface area contributed by atoms with Gasteiger partial charge in [0.1, 0.15) is 18.9 Å².